The average molecular weight is 722 g/mol. The molecule has 0 spiro atoms. The summed E-state index contributed by atoms with van der Waals surface area (Å²) < 4.78 is 15.0. The fraction of sp³-hybridized carbons (Fsp3) is 0.556. The van der Waals surface area contributed by atoms with E-state index in [0.29, 0.717) is 60.5 Å². The lowest BCUT2D eigenvalue weighted by Crippen LogP contribution is -2.49. The number of piperazine rings is 1. The minimum Gasteiger partial charge on any atom is -0.459 e. The van der Waals surface area contributed by atoms with Gasteiger partial charge in [-0.1, -0.05) is 22.8 Å². The van der Waals surface area contributed by atoms with Gasteiger partial charge in [0.15, 0.2) is 11.9 Å². The molecule has 0 radical (unpaired) electrons. The van der Waals surface area contributed by atoms with Gasteiger partial charge in [0.05, 0.1) is 35.1 Å². The van der Waals surface area contributed by atoms with Crippen LogP contribution in [0, 0.1) is 11.3 Å². The predicted octanol–water partition coefficient (Wildman–Crippen LogP) is 4.49. The molecule has 1 aromatic carbocycles. The zero-order valence-corrected chi connectivity index (χ0v) is 30.9. The Balaban J connectivity index is 1.15. The van der Waals surface area contributed by atoms with Gasteiger partial charge >= 0.3 is 5.97 Å². The van der Waals surface area contributed by atoms with Crippen LogP contribution >= 0.6 is 11.6 Å². The first-order valence-corrected chi connectivity index (χ1v) is 17.9. The molecule has 15 heteroatoms. The van der Waals surface area contributed by atoms with Crippen LogP contribution in [0.3, 0.4) is 0 Å². The number of amides is 1. The maximum absolute atomic E-state index is 13.4. The fourth-order valence-electron chi connectivity index (χ4n) is 6.00. The van der Waals surface area contributed by atoms with Gasteiger partial charge in [0, 0.05) is 57.1 Å². The number of hydrogen-bond acceptors (Lipinski definition) is 11. The van der Waals surface area contributed by atoms with E-state index >= 15 is 0 Å². The molecule has 5 rings (SSSR count). The summed E-state index contributed by atoms with van der Waals surface area (Å²) in [6.07, 6.45) is 4.31. The maximum Gasteiger partial charge on any atom is 0.320 e. The average Bonchev–Trinajstić information content (AvgIpc) is 3.75. The Morgan fingerprint density at radius 3 is 2.59 bits per heavy atom. The minimum absolute atomic E-state index is 0.201. The molecular weight excluding hydrogens is 674 g/mol. The Hall–Kier alpha value is -4.29. The van der Waals surface area contributed by atoms with E-state index in [1.165, 1.54) is 0 Å². The van der Waals surface area contributed by atoms with Crippen LogP contribution in [0.1, 0.15) is 81.9 Å². The van der Waals surface area contributed by atoms with Gasteiger partial charge in [-0.05, 0) is 78.1 Å². The molecule has 2 atom stereocenters. The third-order valence-electron chi connectivity index (χ3n) is 8.57. The van der Waals surface area contributed by atoms with Crippen molar-refractivity contribution < 1.29 is 23.9 Å². The largest absolute Gasteiger partial charge is 0.459 e. The molecule has 14 nitrogen and oxygen atoms in total. The van der Waals surface area contributed by atoms with E-state index < -0.39 is 5.60 Å². The first kappa shape index (κ1) is 38.0. The van der Waals surface area contributed by atoms with Gasteiger partial charge in [-0.25, -0.2) is 4.68 Å². The molecule has 2 aliphatic heterocycles. The lowest BCUT2D eigenvalue weighted by Gasteiger charge is -2.34. The van der Waals surface area contributed by atoms with Crippen molar-refractivity contribution in [2.45, 2.75) is 78.3 Å². The number of ether oxygens (including phenoxy) is 2. The van der Waals surface area contributed by atoms with E-state index in [1.54, 1.807) is 27.6 Å². The van der Waals surface area contributed by atoms with Gasteiger partial charge < -0.3 is 19.6 Å². The van der Waals surface area contributed by atoms with Crippen molar-refractivity contribution in [2.75, 3.05) is 52.5 Å². The molecule has 2 fully saturated rings. The van der Waals surface area contributed by atoms with E-state index in [-0.39, 0.29) is 29.8 Å². The van der Waals surface area contributed by atoms with Crippen LogP contribution in [-0.2, 0) is 25.7 Å². The highest BCUT2D eigenvalue weighted by molar-refractivity contribution is 6.32. The number of nitrogens with zero attached hydrogens (tertiary/aromatic N) is 8. The summed E-state index contributed by atoms with van der Waals surface area (Å²) in [6, 6.07) is 10.6. The lowest BCUT2D eigenvalue weighted by molar-refractivity contribution is -0.156. The zero-order valence-electron chi connectivity index (χ0n) is 30.1. The van der Waals surface area contributed by atoms with E-state index in [2.05, 4.69) is 36.5 Å². The Labute approximate surface area is 304 Å². The molecule has 4 heterocycles. The number of carbonyl (C=O) groups is 2. The van der Waals surface area contributed by atoms with Gasteiger partial charge in [0.25, 0.3) is 5.91 Å². The normalized spacial score (nSPS) is 18.2. The number of carbonyl (C=O) groups excluding carboxylic acids is 2. The molecule has 0 bridgehead atoms. The Morgan fingerprint density at radius 2 is 1.90 bits per heavy atom. The van der Waals surface area contributed by atoms with E-state index in [4.69, 9.17) is 31.2 Å². The van der Waals surface area contributed by atoms with Crippen LogP contribution in [0.25, 0.3) is 11.3 Å². The standard InChI is InChI=1S/C36H48ClN9O5/c1-25(23-45-12-11-30(40-45)27-9-10-28(22-38)29(37)20-27)39-35(48)31-21-32(46(41-31)33-8-6-7-18-49-33)26(2)42-50-19-17-43-13-15-44(16-14-43)24-34(47)51-36(3,4)5/h9-12,20-21,25,33H,6-8,13-19,23-24H2,1-5H3,(H,39,48)/b42-26+/t25-,33?/m0/s1. The van der Waals surface area contributed by atoms with Gasteiger partial charge in [-0.2, -0.15) is 15.5 Å². The SMILES string of the molecule is C/C(=N\OCCN1CCN(CC(=O)OC(C)(C)C)CC1)c1cc(C(=O)N[C@@H](C)Cn2ccc(-c3ccc(C#N)c(Cl)c3)n2)nn1C1CCCCO1. The number of nitriles is 1. The number of esters is 1. The van der Waals surface area contributed by atoms with Crippen molar-refractivity contribution in [3.8, 4) is 17.3 Å². The van der Waals surface area contributed by atoms with Crippen molar-refractivity contribution in [1.82, 2.24) is 34.7 Å². The van der Waals surface area contributed by atoms with Crippen molar-refractivity contribution >= 4 is 29.2 Å². The van der Waals surface area contributed by atoms with Crippen LogP contribution in [0.4, 0.5) is 0 Å². The van der Waals surface area contributed by atoms with Gasteiger partial charge in [-0.15, -0.1) is 0 Å². The third-order valence-corrected chi connectivity index (χ3v) is 8.88. The summed E-state index contributed by atoms with van der Waals surface area (Å²) in [5, 5.41) is 26.2. The second kappa shape index (κ2) is 17.3. The van der Waals surface area contributed by atoms with Crippen molar-refractivity contribution in [3.05, 3.63) is 58.5 Å². The smallest absolute Gasteiger partial charge is 0.320 e. The van der Waals surface area contributed by atoms with Crippen molar-refractivity contribution in [1.29, 1.82) is 5.26 Å². The summed E-state index contributed by atoms with van der Waals surface area (Å²) in [7, 11) is 0. The topological polar surface area (TPSA) is 152 Å². The molecule has 1 amide bonds. The highest BCUT2D eigenvalue weighted by Crippen LogP contribution is 2.26. The van der Waals surface area contributed by atoms with Crippen LogP contribution in [0.15, 0.2) is 41.7 Å². The van der Waals surface area contributed by atoms with Gasteiger partial charge in [-0.3, -0.25) is 24.1 Å². The number of hydrogen-bond donors (Lipinski definition) is 1. The summed E-state index contributed by atoms with van der Waals surface area (Å²) >= 11 is 6.21. The zero-order chi connectivity index (χ0) is 36.5. The molecule has 0 saturated carbocycles. The molecule has 2 aliphatic rings. The Morgan fingerprint density at radius 1 is 1.14 bits per heavy atom. The molecule has 3 aromatic rings. The number of nitrogens with one attached hydrogen (secondary N) is 1. The molecule has 51 heavy (non-hydrogen) atoms. The second-order valence-corrected chi connectivity index (χ2v) is 14.4. The van der Waals surface area contributed by atoms with Gasteiger partial charge in [0.2, 0.25) is 0 Å². The number of rotatable bonds is 13. The number of oxime groups is 1. The summed E-state index contributed by atoms with van der Waals surface area (Å²) in [5.41, 5.74) is 2.95. The Kier molecular flexibility index (Phi) is 12.9. The van der Waals surface area contributed by atoms with Crippen molar-refractivity contribution in [3.63, 3.8) is 0 Å². The van der Waals surface area contributed by atoms with E-state index in [9.17, 15) is 9.59 Å². The minimum atomic E-state index is -0.485. The maximum atomic E-state index is 13.4. The van der Waals surface area contributed by atoms with E-state index in [1.807, 2.05) is 52.9 Å². The fourth-order valence-corrected chi connectivity index (χ4v) is 6.23. The van der Waals surface area contributed by atoms with Crippen LogP contribution < -0.4 is 5.32 Å². The molecule has 1 unspecified atom stereocenters. The molecule has 0 aliphatic carbocycles. The molecule has 2 aromatic heterocycles. The molecule has 1 N–H and O–H groups in total. The van der Waals surface area contributed by atoms with Gasteiger partial charge in [0.1, 0.15) is 24.0 Å². The summed E-state index contributed by atoms with van der Waals surface area (Å²) in [5.74, 6) is -0.516. The molecule has 2 saturated heterocycles. The monoisotopic (exact) mass is 721 g/mol. The van der Waals surface area contributed by atoms with E-state index in [0.717, 1.165) is 51.0 Å². The Bertz CT molecular complexity index is 1730. The summed E-state index contributed by atoms with van der Waals surface area (Å²) in [6.45, 7) is 15.0. The second-order valence-electron chi connectivity index (χ2n) is 14.0. The number of halogens is 1. The van der Waals surface area contributed by atoms with Crippen molar-refractivity contribution in [2.24, 2.45) is 5.16 Å². The van der Waals surface area contributed by atoms with Crippen LogP contribution in [0.5, 0.6) is 0 Å². The first-order chi connectivity index (χ1) is 24.4. The first-order valence-electron chi connectivity index (χ1n) is 17.5. The summed E-state index contributed by atoms with van der Waals surface area (Å²) in [4.78, 5) is 35.7. The number of benzene rings is 1. The predicted molar refractivity (Wildman–Crippen MR) is 192 cm³/mol. The lowest BCUT2D eigenvalue weighted by atomic mass is 10.1. The number of aromatic nitrogens is 4. The molecule has 274 valence electrons. The third kappa shape index (κ3) is 10.9. The highest BCUT2D eigenvalue weighted by Gasteiger charge is 2.26. The quantitative estimate of drug-likeness (QED) is 0.116. The van der Waals surface area contributed by atoms with Crippen LogP contribution in [-0.4, -0.2) is 111 Å². The van der Waals surface area contributed by atoms with Crippen LogP contribution in [0.2, 0.25) is 5.02 Å². The highest BCUT2D eigenvalue weighted by atomic mass is 35.5. The molecular formula is C36H48ClN9O5.